The third kappa shape index (κ3) is 9.99. The zero-order valence-corrected chi connectivity index (χ0v) is 34.2. The van der Waals surface area contributed by atoms with Gasteiger partial charge in [-0.25, -0.2) is 9.59 Å². The van der Waals surface area contributed by atoms with Gasteiger partial charge >= 0.3 is 35.8 Å². The first-order chi connectivity index (χ1) is 27.0. The molecule has 1 unspecified atom stereocenters. The Bertz CT molecular complexity index is 1890. The van der Waals surface area contributed by atoms with E-state index in [-0.39, 0.29) is 16.7 Å². The van der Waals surface area contributed by atoms with Gasteiger partial charge in [0.05, 0.1) is 23.0 Å². The lowest BCUT2D eigenvalue weighted by atomic mass is 9.71. The van der Waals surface area contributed by atoms with E-state index >= 15 is 0 Å². The van der Waals surface area contributed by atoms with Gasteiger partial charge in [0, 0.05) is 56.5 Å². The number of pyridine rings is 1. The topological polar surface area (TPSA) is 211 Å². The van der Waals surface area contributed by atoms with E-state index in [1.807, 2.05) is 0 Å². The average Bonchev–Trinajstić information content (AvgIpc) is 3.36. The number of ether oxygens (including phenoxy) is 6. The minimum atomic E-state index is -2.39. The lowest BCUT2D eigenvalue weighted by Crippen LogP contribution is -2.59. The van der Waals surface area contributed by atoms with Gasteiger partial charge in [0.15, 0.2) is 12.2 Å². The van der Waals surface area contributed by atoms with Gasteiger partial charge in [-0.05, 0) is 31.2 Å². The summed E-state index contributed by atoms with van der Waals surface area (Å²) < 4.78 is 35.8. The van der Waals surface area contributed by atoms with Crippen molar-refractivity contribution in [3.05, 3.63) is 90.3 Å². The molecule has 2 aromatic rings. The third-order valence-electron chi connectivity index (χ3n) is 10.4. The summed E-state index contributed by atoms with van der Waals surface area (Å²) in [6.45, 7) is 16.8. The maximum atomic E-state index is 13.9. The Morgan fingerprint density at radius 1 is 0.776 bits per heavy atom. The second-order valence-corrected chi connectivity index (χ2v) is 16.0. The molecule has 15 heteroatoms. The molecule has 1 fully saturated rings. The highest BCUT2D eigenvalue weighted by Gasteiger charge is 2.70. The van der Waals surface area contributed by atoms with E-state index in [0.717, 1.165) is 20.8 Å². The van der Waals surface area contributed by atoms with Crippen LogP contribution in [-0.2, 0) is 47.6 Å². The van der Waals surface area contributed by atoms with E-state index in [1.165, 1.54) is 57.4 Å². The fourth-order valence-electron chi connectivity index (χ4n) is 7.78. The molecule has 2 aliphatic rings. The van der Waals surface area contributed by atoms with Crippen LogP contribution in [0.5, 0.6) is 0 Å². The van der Waals surface area contributed by atoms with Gasteiger partial charge in [0.2, 0.25) is 0 Å². The summed E-state index contributed by atoms with van der Waals surface area (Å²) in [4.78, 5) is 83.8. The van der Waals surface area contributed by atoms with Crippen molar-refractivity contribution in [2.45, 2.75) is 117 Å². The lowest BCUT2D eigenvalue weighted by molar-refractivity contribution is -0.193. The normalized spacial score (nSPS) is 30.7. The smallest absolute Gasteiger partial charge is 0.340 e. The molecule has 4 rings (SSSR count). The fraction of sp³-hybridized carbons (Fsp3) is 0.512. The number of aliphatic hydroxyl groups is 2. The Hall–Kier alpha value is -5.41. The fourth-order valence-corrected chi connectivity index (χ4v) is 7.78. The number of hydrogen-bond acceptors (Lipinski definition) is 15. The van der Waals surface area contributed by atoms with Crippen molar-refractivity contribution in [1.29, 1.82) is 0 Å². The van der Waals surface area contributed by atoms with E-state index in [9.17, 15) is 39.0 Å². The molecular formula is C43H53NO14. The molecule has 0 spiro atoms. The Balaban J connectivity index is 2.08. The Morgan fingerprint density at radius 3 is 1.91 bits per heavy atom. The zero-order valence-electron chi connectivity index (χ0n) is 34.2. The average molecular weight is 808 g/mol. The van der Waals surface area contributed by atoms with Crippen molar-refractivity contribution in [2.75, 3.05) is 0 Å². The van der Waals surface area contributed by atoms with Crippen molar-refractivity contribution >= 4 is 35.8 Å². The molecule has 0 amide bonds. The van der Waals surface area contributed by atoms with Crippen LogP contribution in [0.15, 0.2) is 79.2 Å². The maximum Gasteiger partial charge on any atom is 0.340 e. The van der Waals surface area contributed by atoms with Crippen LogP contribution in [0.2, 0.25) is 0 Å². The molecule has 0 bridgehead atoms. The summed E-state index contributed by atoms with van der Waals surface area (Å²) in [6, 6.07) is 10.8. The maximum absolute atomic E-state index is 13.9. The first-order valence-electron chi connectivity index (χ1n) is 18.9. The standard InChI is InChI=1S/C43H53NO14/c1-23(2)38(49)55-34-25(4)33(53-26(5)45)31-36(56-39(50)29-15-12-11-13-16-29)42(10,58-28(7)47)22-43(31,52)35(54-27(6)46)24(3)18-19-41(8,9)37(32(34)48)57-40(51)30-17-14-20-44-21-30/h11-21,23-24,31-37,48,52H,4,22H2,1-3,5-10H3/t24-,31?,32+,33-,34-,35-,36+,37+,42+,43+/m0/s1. The summed E-state index contributed by atoms with van der Waals surface area (Å²) in [5.74, 6) is -8.66. The summed E-state index contributed by atoms with van der Waals surface area (Å²) in [5.41, 5.74) is -5.84. The first-order valence-corrected chi connectivity index (χ1v) is 18.9. The van der Waals surface area contributed by atoms with Crippen LogP contribution in [0, 0.1) is 23.2 Å². The first kappa shape index (κ1) is 45.3. The van der Waals surface area contributed by atoms with E-state index in [0.29, 0.717) is 0 Å². The van der Waals surface area contributed by atoms with Crippen molar-refractivity contribution in [2.24, 2.45) is 23.2 Å². The minimum absolute atomic E-state index is 0.0417. The second kappa shape index (κ2) is 18.0. The van der Waals surface area contributed by atoms with Gasteiger partial charge < -0.3 is 38.6 Å². The lowest BCUT2D eigenvalue weighted by Gasteiger charge is -2.45. The molecule has 10 atom stereocenters. The number of fused-ring (bicyclic) bond motifs is 1. The molecular weight excluding hydrogens is 754 g/mol. The molecule has 1 saturated carbocycles. The highest BCUT2D eigenvalue weighted by Crippen LogP contribution is 2.54. The minimum Gasteiger partial charge on any atom is -0.459 e. The van der Waals surface area contributed by atoms with Crippen LogP contribution in [0.1, 0.15) is 89.5 Å². The number of esters is 6. The van der Waals surface area contributed by atoms with Crippen molar-refractivity contribution in [3.63, 3.8) is 0 Å². The molecule has 2 N–H and O–H groups in total. The van der Waals surface area contributed by atoms with Gasteiger partial charge in [-0.3, -0.25) is 24.2 Å². The van der Waals surface area contributed by atoms with Crippen LogP contribution >= 0.6 is 0 Å². The highest BCUT2D eigenvalue weighted by molar-refractivity contribution is 5.90. The Kier molecular flexibility index (Phi) is 14.1. The van der Waals surface area contributed by atoms with Crippen molar-refractivity contribution in [3.8, 4) is 0 Å². The van der Waals surface area contributed by atoms with Gasteiger partial charge in [0.1, 0.15) is 35.6 Å². The van der Waals surface area contributed by atoms with E-state index in [1.54, 1.807) is 51.1 Å². The molecule has 1 aromatic heterocycles. The largest absolute Gasteiger partial charge is 0.459 e. The molecule has 0 aliphatic heterocycles. The monoisotopic (exact) mass is 807 g/mol. The van der Waals surface area contributed by atoms with Gasteiger partial charge in [0.25, 0.3) is 0 Å². The molecule has 1 heterocycles. The Labute approximate surface area is 337 Å². The molecule has 0 radical (unpaired) electrons. The zero-order chi connectivity index (χ0) is 43.3. The number of carbonyl (C=O) groups is 6. The summed E-state index contributed by atoms with van der Waals surface area (Å²) in [6.07, 6.45) is -5.08. The number of benzene rings is 1. The molecule has 15 nitrogen and oxygen atoms in total. The molecule has 1 aromatic carbocycles. The van der Waals surface area contributed by atoms with Crippen LogP contribution in [0.3, 0.4) is 0 Å². The van der Waals surface area contributed by atoms with E-state index in [4.69, 9.17) is 28.4 Å². The number of rotatable bonds is 9. The van der Waals surface area contributed by atoms with Crippen molar-refractivity contribution < 1.29 is 67.4 Å². The summed E-state index contributed by atoms with van der Waals surface area (Å²) in [7, 11) is 0. The second-order valence-electron chi connectivity index (χ2n) is 16.0. The third-order valence-corrected chi connectivity index (χ3v) is 10.4. The van der Waals surface area contributed by atoms with E-state index < -0.39 is 113 Å². The molecule has 2 aliphatic carbocycles. The number of hydrogen-bond donors (Lipinski definition) is 2. The number of aliphatic hydroxyl groups excluding tert-OH is 1. The summed E-state index contributed by atoms with van der Waals surface area (Å²) >= 11 is 0. The number of carbonyl (C=O) groups excluding carboxylic acids is 6. The van der Waals surface area contributed by atoms with Gasteiger partial charge in [-0.1, -0.05) is 71.5 Å². The van der Waals surface area contributed by atoms with Crippen LogP contribution in [-0.4, -0.2) is 98.8 Å². The predicted molar refractivity (Wildman–Crippen MR) is 205 cm³/mol. The SMILES string of the molecule is C=C1[C@H](OC(C)=O)C2[C@@H](OC(=O)c3ccccc3)[C@](C)(OC(C)=O)C[C@]2(O)[C@@H](OC(C)=O)[C@@H](C)C=CC(C)(C)[C@H](OC(=O)c2cccnc2)[C@H](O)[C@H]1OC(=O)C(C)C. The van der Waals surface area contributed by atoms with Gasteiger partial charge in [-0.15, -0.1) is 0 Å². The molecule has 314 valence electrons. The van der Waals surface area contributed by atoms with Crippen LogP contribution in [0.25, 0.3) is 0 Å². The quantitative estimate of drug-likeness (QED) is 0.203. The van der Waals surface area contributed by atoms with Crippen LogP contribution < -0.4 is 0 Å². The van der Waals surface area contributed by atoms with E-state index in [2.05, 4.69) is 11.6 Å². The predicted octanol–water partition coefficient (Wildman–Crippen LogP) is 4.49. The van der Waals surface area contributed by atoms with Crippen molar-refractivity contribution in [1.82, 2.24) is 4.98 Å². The van der Waals surface area contributed by atoms with Crippen LogP contribution in [0.4, 0.5) is 0 Å². The highest BCUT2D eigenvalue weighted by atomic mass is 16.6. The molecule has 58 heavy (non-hydrogen) atoms. The van der Waals surface area contributed by atoms with Gasteiger partial charge in [-0.2, -0.15) is 0 Å². The number of nitrogens with zero attached hydrogens (tertiary/aromatic N) is 1. The molecule has 0 saturated heterocycles. The Morgan fingerprint density at radius 2 is 1.36 bits per heavy atom. The summed E-state index contributed by atoms with van der Waals surface area (Å²) in [5, 5.41) is 25.7. The number of aromatic nitrogens is 1.